The van der Waals surface area contributed by atoms with Crippen LogP contribution >= 0.6 is 0 Å². The summed E-state index contributed by atoms with van der Waals surface area (Å²) >= 11 is 0. The molecule has 26 heavy (non-hydrogen) atoms. The van der Waals surface area contributed by atoms with Gasteiger partial charge < -0.3 is 9.80 Å². The molecule has 2 heterocycles. The van der Waals surface area contributed by atoms with E-state index in [0.29, 0.717) is 17.8 Å². The Kier molecular flexibility index (Phi) is 4.71. The van der Waals surface area contributed by atoms with Crippen molar-refractivity contribution in [2.45, 2.75) is 19.6 Å². The maximum Gasteiger partial charge on any atom is 0.416 e. The number of carbonyl (C=O) groups is 1. The third-order valence-electron chi connectivity index (χ3n) is 4.42. The average molecular weight is 366 g/mol. The van der Waals surface area contributed by atoms with E-state index in [9.17, 15) is 22.8 Å². The molecule has 1 aliphatic rings. The third-order valence-corrected chi connectivity index (χ3v) is 4.42. The number of anilines is 1. The van der Waals surface area contributed by atoms with Crippen molar-refractivity contribution in [2.24, 2.45) is 0 Å². The first kappa shape index (κ1) is 18.0. The van der Waals surface area contributed by atoms with Crippen molar-refractivity contribution in [2.75, 3.05) is 24.5 Å². The Morgan fingerprint density at radius 2 is 1.92 bits per heavy atom. The number of nitrogens with zero attached hydrogens (tertiary/aromatic N) is 3. The molecule has 0 bridgehead atoms. The normalized spacial score (nSPS) is 15.5. The highest BCUT2D eigenvalue weighted by Crippen LogP contribution is 2.32. The maximum absolute atomic E-state index is 13.1. The van der Waals surface area contributed by atoms with E-state index in [1.165, 1.54) is 29.3 Å². The summed E-state index contributed by atoms with van der Waals surface area (Å²) in [6.45, 7) is 2.19. The summed E-state index contributed by atoms with van der Waals surface area (Å²) in [5, 5.41) is 6.06. The predicted octanol–water partition coefficient (Wildman–Crippen LogP) is 1.95. The average Bonchev–Trinajstić information content (AvgIpc) is 2.59. The zero-order valence-electron chi connectivity index (χ0n) is 14.0. The molecule has 1 saturated heterocycles. The van der Waals surface area contributed by atoms with Crippen molar-refractivity contribution < 1.29 is 18.0 Å². The number of carbonyl (C=O) groups excluding carboxylic acids is 1. The van der Waals surface area contributed by atoms with Gasteiger partial charge in [0.15, 0.2) is 0 Å². The number of rotatable bonds is 3. The number of aromatic nitrogens is 2. The van der Waals surface area contributed by atoms with Gasteiger partial charge in [-0.05, 0) is 18.6 Å². The summed E-state index contributed by atoms with van der Waals surface area (Å²) in [6, 6.07) is 5.25. The van der Waals surface area contributed by atoms with Crippen molar-refractivity contribution in [3.63, 3.8) is 0 Å². The van der Waals surface area contributed by atoms with Crippen LogP contribution in [0.25, 0.3) is 0 Å². The molecule has 1 amide bonds. The molecule has 1 aliphatic heterocycles. The van der Waals surface area contributed by atoms with Crippen LogP contribution in [0.2, 0.25) is 0 Å². The number of benzene rings is 1. The highest BCUT2D eigenvalue weighted by atomic mass is 19.4. The Bertz CT molecular complexity index is 879. The molecule has 2 aromatic rings. The second-order valence-electron chi connectivity index (χ2n) is 6.10. The van der Waals surface area contributed by atoms with Gasteiger partial charge in [0, 0.05) is 25.2 Å². The molecule has 0 spiro atoms. The van der Waals surface area contributed by atoms with Gasteiger partial charge in [0.05, 0.1) is 24.0 Å². The summed E-state index contributed by atoms with van der Waals surface area (Å²) in [5.41, 5.74) is -0.00161. The minimum atomic E-state index is -4.46. The van der Waals surface area contributed by atoms with Gasteiger partial charge >= 0.3 is 6.18 Å². The van der Waals surface area contributed by atoms with E-state index < -0.39 is 11.7 Å². The van der Waals surface area contributed by atoms with Crippen molar-refractivity contribution in [3.8, 4) is 0 Å². The molecule has 0 unspecified atom stereocenters. The lowest BCUT2D eigenvalue weighted by Crippen LogP contribution is -2.50. The van der Waals surface area contributed by atoms with Gasteiger partial charge in [-0.15, -0.1) is 0 Å². The Hall–Kier alpha value is -2.84. The number of hydrogen-bond acceptors (Lipinski definition) is 4. The van der Waals surface area contributed by atoms with E-state index >= 15 is 0 Å². The van der Waals surface area contributed by atoms with E-state index in [1.54, 1.807) is 11.8 Å². The van der Waals surface area contributed by atoms with Crippen molar-refractivity contribution in [3.05, 3.63) is 57.5 Å². The molecular weight excluding hydrogens is 349 g/mol. The Morgan fingerprint density at radius 3 is 2.62 bits per heavy atom. The van der Waals surface area contributed by atoms with E-state index in [-0.39, 0.29) is 36.7 Å². The second-order valence-corrected chi connectivity index (χ2v) is 6.10. The summed E-state index contributed by atoms with van der Waals surface area (Å²) in [5.74, 6) is -0.298. The summed E-state index contributed by atoms with van der Waals surface area (Å²) in [6.07, 6.45) is -2.99. The van der Waals surface area contributed by atoms with Gasteiger partial charge in [-0.3, -0.25) is 9.59 Å². The fourth-order valence-corrected chi connectivity index (χ4v) is 2.99. The number of H-pyrrole nitrogens is 1. The van der Waals surface area contributed by atoms with Crippen LogP contribution in [0.4, 0.5) is 18.9 Å². The van der Waals surface area contributed by atoms with Crippen LogP contribution in [0.3, 0.4) is 0 Å². The minimum absolute atomic E-state index is 0.0137. The van der Waals surface area contributed by atoms with E-state index in [0.717, 1.165) is 6.07 Å². The first-order valence-corrected chi connectivity index (χ1v) is 7.99. The summed E-state index contributed by atoms with van der Waals surface area (Å²) < 4.78 is 39.3. The van der Waals surface area contributed by atoms with Gasteiger partial charge in [0.25, 0.3) is 5.56 Å². The highest BCUT2D eigenvalue weighted by molar-refractivity contribution is 5.83. The zero-order valence-corrected chi connectivity index (χ0v) is 14.0. The van der Waals surface area contributed by atoms with Gasteiger partial charge in [-0.2, -0.15) is 18.3 Å². The Balaban J connectivity index is 1.76. The molecule has 1 N–H and O–H groups in total. The fraction of sp³-hybridized carbons (Fsp3) is 0.353. The standard InChI is InChI=1S/C17H17F3N4O2/c1-11-14(8-21-22-16(11)26)23-6-7-24(15(25)10-23)9-12-4-2-3-5-13(12)17(18,19)20/h2-5,8H,6-7,9-10H2,1H3,(H,22,26). The lowest BCUT2D eigenvalue weighted by Gasteiger charge is -2.36. The predicted molar refractivity (Wildman–Crippen MR) is 88.7 cm³/mol. The molecule has 3 rings (SSSR count). The van der Waals surface area contributed by atoms with Crippen LogP contribution in [0.1, 0.15) is 16.7 Å². The molecule has 0 radical (unpaired) electrons. The van der Waals surface area contributed by atoms with Gasteiger partial charge in [0.2, 0.25) is 5.91 Å². The summed E-state index contributed by atoms with van der Waals surface area (Å²) in [7, 11) is 0. The lowest BCUT2D eigenvalue weighted by atomic mass is 10.1. The van der Waals surface area contributed by atoms with Gasteiger partial charge in [-0.1, -0.05) is 18.2 Å². The van der Waals surface area contributed by atoms with E-state index in [1.807, 2.05) is 0 Å². The second kappa shape index (κ2) is 6.81. The molecule has 1 aromatic carbocycles. The topological polar surface area (TPSA) is 69.3 Å². The molecule has 1 fully saturated rings. The van der Waals surface area contributed by atoms with E-state index in [2.05, 4.69) is 10.2 Å². The van der Waals surface area contributed by atoms with Crippen molar-refractivity contribution in [1.82, 2.24) is 15.1 Å². The monoisotopic (exact) mass is 366 g/mol. The first-order chi connectivity index (χ1) is 12.3. The van der Waals surface area contributed by atoms with Crippen molar-refractivity contribution in [1.29, 1.82) is 0 Å². The number of alkyl halides is 3. The van der Waals surface area contributed by atoms with Crippen LogP contribution in [-0.4, -0.2) is 40.6 Å². The number of halogens is 3. The smallest absolute Gasteiger partial charge is 0.359 e. The quantitative estimate of drug-likeness (QED) is 0.902. The third kappa shape index (κ3) is 3.56. The first-order valence-electron chi connectivity index (χ1n) is 7.99. The van der Waals surface area contributed by atoms with Gasteiger partial charge in [0.1, 0.15) is 0 Å². The molecule has 9 heteroatoms. The molecule has 1 aromatic heterocycles. The fourth-order valence-electron chi connectivity index (χ4n) is 2.99. The van der Waals surface area contributed by atoms with Crippen molar-refractivity contribution >= 4 is 11.6 Å². The number of piperazine rings is 1. The molecule has 0 atom stereocenters. The SMILES string of the molecule is Cc1c(N2CCN(Cc3ccccc3C(F)(F)F)C(=O)C2)cn[nH]c1=O. The largest absolute Gasteiger partial charge is 0.416 e. The van der Waals surface area contributed by atoms with Crippen LogP contribution in [-0.2, 0) is 17.5 Å². The molecular formula is C17H17F3N4O2. The van der Waals surface area contributed by atoms with Crippen LogP contribution < -0.4 is 10.5 Å². The zero-order chi connectivity index (χ0) is 18.9. The van der Waals surface area contributed by atoms with Gasteiger partial charge in [-0.25, -0.2) is 5.10 Å². The van der Waals surface area contributed by atoms with Crippen LogP contribution in [0.5, 0.6) is 0 Å². The number of hydrogen-bond donors (Lipinski definition) is 1. The Morgan fingerprint density at radius 1 is 1.19 bits per heavy atom. The number of amides is 1. The minimum Gasteiger partial charge on any atom is -0.359 e. The highest BCUT2D eigenvalue weighted by Gasteiger charge is 2.34. The molecule has 6 nitrogen and oxygen atoms in total. The number of nitrogens with one attached hydrogen (secondary N) is 1. The Labute approximate surface area is 147 Å². The van der Waals surface area contributed by atoms with E-state index in [4.69, 9.17) is 0 Å². The van der Waals surface area contributed by atoms with Crippen LogP contribution in [0.15, 0.2) is 35.3 Å². The summed E-state index contributed by atoms with van der Waals surface area (Å²) in [4.78, 5) is 27.2. The molecule has 0 aliphatic carbocycles. The number of aromatic amines is 1. The molecule has 138 valence electrons. The lowest BCUT2D eigenvalue weighted by molar-refractivity contribution is -0.140. The molecule has 0 saturated carbocycles. The van der Waals surface area contributed by atoms with Crippen LogP contribution in [0, 0.1) is 6.92 Å². The maximum atomic E-state index is 13.1.